The number of carbonyl (C=O) groups excluding carboxylic acids is 2. The first kappa shape index (κ1) is 24.0. The summed E-state index contributed by atoms with van der Waals surface area (Å²) in [5.74, 6) is -0.872. The molecule has 4 rings (SSSR count). The predicted molar refractivity (Wildman–Crippen MR) is 129 cm³/mol. The summed E-state index contributed by atoms with van der Waals surface area (Å²) in [5, 5.41) is 3.74. The Morgan fingerprint density at radius 1 is 1.06 bits per heavy atom. The summed E-state index contributed by atoms with van der Waals surface area (Å²) >= 11 is 0. The molecule has 2 heterocycles. The molecular formula is C25H29N3O5S. The van der Waals surface area contributed by atoms with E-state index >= 15 is 0 Å². The highest BCUT2D eigenvalue weighted by molar-refractivity contribution is 7.89. The summed E-state index contributed by atoms with van der Waals surface area (Å²) in [6, 6.07) is 13.3. The van der Waals surface area contributed by atoms with Crippen LogP contribution in [-0.4, -0.2) is 55.8 Å². The quantitative estimate of drug-likeness (QED) is 0.479. The van der Waals surface area contributed by atoms with Crippen LogP contribution in [0.1, 0.15) is 30.4 Å². The molecule has 34 heavy (non-hydrogen) atoms. The normalized spacial score (nSPS) is 15.7. The number of aromatic nitrogens is 1. The molecule has 9 heteroatoms. The molecule has 1 atom stereocenters. The fourth-order valence-electron chi connectivity index (χ4n) is 4.32. The molecule has 3 aromatic rings. The maximum Gasteiger partial charge on any atom is 0.328 e. The van der Waals surface area contributed by atoms with Crippen LogP contribution in [0.5, 0.6) is 0 Å². The zero-order valence-electron chi connectivity index (χ0n) is 19.1. The average Bonchev–Trinajstić information content (AvgIpc) is 3.27. The highest BCUT2D eigenvalue weighted by atomic mass is 32.2. The van der Waals surface area contributed by atoms with E-state index in [9.17, 15) is 18.0 Å². The van der Waals surface area contributed by atoms with Gasteiger partial charge in [-0.2, -0.15) is 4.31 Å². The maximum absolute atomic E-state index is 12.8. The molecule has 180 valence electrons. The number of aromatic amines is 1. The van der Waals surface area contributed by atoms with E-state index in [-0.39, 0.29) is 23.6 Å². The van der Waals surface area contributed by atoms with E-state index in [1.165, 1.54) is 23.5 Å². The van der Waals surface area contributed by atoms with Crippen molar-refractivity contribution in [1.29, 1.82) is 0 Å². The standard InChI is InChI=1S/C25H29N3O5S/c1-33-25(30)23(16-19-17-26-22-8-4-3-7-21(19)22)27-24(29)15-18-9-11-20(12-10-18)34(31,32)28-13-5-2-6-14-28/h3-4,7-12,17,23,26H,2,5-6,13-16H2,1H3,(H,27,29)/t23-/m1/s1. The van der Waals surface area contributed by atoms with Crippen LogP contribution in [0, 0.1) is 0 Å². The minimum absolute atomic E-state index is 0.0193. The fourth-order valence-corrected chi connectivity index (χ4v) is 5.84. The Balaban J connectivity index is 1.42. The van der Waals surface area contributed by atoms with Crippen LogP contribution in [0.25, 0.3) is 10.9 Å². The summed E-state index contributed by atoms with van der Waals surface area (Å²) in [6.07, 6.45) is 4.93. The molecule has 0 aliphatic carbocycles. The molecule has 1 aliphatic rings. The average molecular weight is 484 g/mol. The number of H-pyrrole nitrogens is 1. The summed E-state index contributed by atoms with van der Waals surface area (Å²) in [6.45, 7) is 1.08. The van der Waals surface area contributed by atoms with Crippen LogP contribution in [0.3, 0.4) is 0 Å². The number of benzene rings is 2. The first-order chi connectivity index (χ1) is 16.4. The minimum atomic E-state index is -3.52. The van der Waals surface area contributed by atoms with Gasteiger partial charge in [-0.05, 0) is 42.2 Å². The summed E-state index contributed by atoms with van der Waals surface area (Å²) in [5.41, 5.74) is 2.51. The van der Waals surface area contributed by atoms with Crippen molar-refractivity contribution in [1.82, 2.24) is 14.6 Å². The van der Waals surface area contributed by atoms with Crippen molar-refractivity contribution in [3.63, 3.8) is 0 Å². The third-order valence-corrected chi connectivity index (χ3v) is 8.07. The summed E-state index contributed by atoms with van der Waals surface area (Å²) in [7, 11) is -2.23. The molecule has 8 nitrogen and oxygen atoms in total. The maximum atomic E-state index is 12.8. The fraction of sp³-hybridized carbons (Fsp3) is 0.360. The van der Waals surface area contributed by atoms with Gasteiger partial charge < -0.3 is 15.0 Å². The number of carbonyl (C=O) groups is 2. The molecular weight excluding hydrogens is 454 g/mol. The first-order valence-corrected chi connectivity index (χ1v) is 12.8. The molecule has 0 spiro atoms. The monoisotopic (exact) mass is 483 g/mol. The summed E-state index contributed by atoms with van der Waals surface area (Å²) in [4.78, 5) is 28.5. The van der Waals surface area contributed by atoms with Gasteiger partial charge in [-0.3, -0.25) is 4.79 Å². The lowest BCUT2D eigenvalue weighted by Gasteiger charge is -2.25. The smallest absolute Gasteiger partial charge is 0.328 e. The van der Waals surface area contributed by atoms with Gasteiger partial charge in [-0.25, -0.2) is 13.2 Å². The SMILES string of the molecule is COC(=O)[C@@H](Cc1c[nH]c2ccccc12)NC(=O)Cc1ccc(S(=O)(=O)N2CCCCC2)cc1. The van der Waals surface area contributed by atoms with Gasteiger partial charge in [0.25, 0.3) is 0 Å². The second-order valence-corrected chi connectivity index (χ2v) is 10.4. The van der Waals surface area contributed by atoms with Gasteiger partial charge >= 0.3 is 5.97 Å². The Hall–Kier alpha value is -3.17. The van der Waals surface area contributed by atoms with E-state index in [2.05, 4.69) is 10.3 Å². The largest absolute Gasteiger partial charge is 0.467 e. The number of esters is 1. The molecule has 2 N–H and O–H groups in total. The molecule has 1 aromatic heterocycles. The Morgan fingerprint density at radius 3 is 2.47 bits per heavy atom. The third-order valence-electron chi connectivity index (χ3n) is 6.16. The molecule has 1 aliphatic heterocycles. The number of para-hydroxylation sites is 1. The van der Waals surface area contributed by atoms with Gasteiger partial charge in [0.15, 0.2) is 0 Å². The Morgan fingerprint density at radius 2 is 1.76 bits per heavy atom. The van der Waals surface area contributed by atoms with Crippen molar-refractivity contribution in [2.24, 2.45) is 0 Å². The lowest BCUT2D eigenvalue weighted by Crippen LogP contribution is -2.43. The van der Waals surface area contributed by atoms with Crippen molar-refractivity contribution in [2.75, 3.05) is 20.2 Å². The number of fused-ring (bicyclic) bond motifs is 1. The number of nitrogens with zero attached hydrogens (tertiary/aromatic N) is 1. The van der Waals surface area contributed by atoms with Crippen LogP contribution in [0.15, 0.2) is 59.6 Å². The van der Waals surface area contributed by atoms with Gasteiger partial charge in [-0.1, -0.05) is 36.8 Å². The molecule has 1 fully saturated rings. The van der Waals surface area contributed by atoms with E-state index in [0.717, 1.165) is 35.7 Å². The molecule has 0 saturated carbocycles. The van der Waals surface area contributed by atoms with Crippen LogP contribution in [-0.2, 0) is 37.2 Å². The van der Waals surface area contributed by atoms with E-state index in [1.807, 2.05) is 30.5 Å². The number of hydrogen-bond acceptors (Lipinski definition) is 5. The molecule has 1 amide bonds. The highest BCUT2D eigenvalue weighted by Gasteiger charge is 2.26. The van der Waals surface area contributed by atoms with Crippen molar-refractivity contribution in [2.45, 2.75) is 43.0 Å². The Kier molecular flexibility index (Phi) is 7.33. The number of methoxy groups -OCH3 is 1. The second kappa shape index (κ2) is 10.4. The first-order valence-electron chi connectivity index (χ1n) is 11.4. The molecule has 0 unspecified atom stereocenters. The number of amides is 1. The molecule has 0 radical (unpaired) electrons. The lowest BCUT2D eigenvalue weighted by atomic mass is 10.0. The zero-order valence-corrected chi connectivity index (χ0v) is 19.9. The van der Waals surface area contributed by atoms with Gasteiger partial charge in [0.2, 0.25) is 15.9 Å². The van der Waals surface area contributed by atoms with Crippen LogP contribution >= 0.6 is 0 Å². The minimum Gasteiger partial charge on any atom is -0.467 e. The van der Waals surface area contributed by atoms with Crippen molar-refractivity contribution >= 4 is 32.8 Å². The summed E-state index contributed by atoms with van der Waals surface area (Å²) < 4.78 is 32.0. The molecule has 2 aromatic carbocycles. The number of rotatable bonds is 8. The van der Waals surface area contributed by atoms with Gasteiger partial charge in [-0.15, -0.1) is 0 Å². The molecule has 1 saturated heterocycles. The van der Waals surface area contributed by atoms with Crippen LogP contribution in [0.4, 0.5) is 0 Å². The Bertz CT molecular complexity index is 1260. The third kappa shape index (κ3) is 5.31. The van der Waals surface area contributed by atoms with E-state index in [1.54, 1.807) is 12.1 Å². The number of sulfonamides is 1. The predicted octanol–water partition coefficient (Wildman–Crippen LogP) is 2.79. The number of ether oxygens (including phenoxy) is 1. The number of hydrogen-bond donors (Lipinski definition) is 2. The number of nitrogens with one attached hydrogen (secondary N) is 2. The van der Waals surface area contributed by atoms with E-state index < -0.39 is 22.0 Å². The van der Waals surface area contributed by atoms with Crippen molar-refractivity contribution in [3.05, 3.63) is 65.9 Å². The van der Waals surface area contributed by atoms with Crippen LogP contribution in [0.2, 0.25) is 0 Å². The number of piperidine rings is 1. The van der Waals surface area contributed by atoms with Crippen LogP contribution < -0.4 is 5.32 Å². The van der Waals surface area contributed by atoms with Crippen molar-refractivity contribution in [3.8, 4) is 0 Å². The van der Waals surface area contributed by atoms with E-state index in [4.69, 9.17) is 4.74 Å². The topological polar surface area (TPSA) is 109 Å². The van der Waals surface area contributed by atoms with Gasteiger partial charge in [0.05, 0.1) is 18.4 Å². The Labute approximate surface area is 199 Å². The van der Waals surface area contributed by atoms with E-state index in [0.29, 0.717) is 18.7 Å². The van der Waals surface area contributed by atoms with Gasteiger partial charge in [0, 0.05) is 36.6 Å². The highest BCUT2D eigenvalue weighted by Crippen LogP contribution is 2.22. The van der Waals surface area contributed by atoms with Crippen molar-refractivity contribution < 1.29 is 22.7 Å². The second-order valence-electron chi connectivity index (χ2n) is 8.49. The van der Waals surface area contributed by atoms with Gasteiger partial charge in [0.1, 0.15) is 6.04 Å². The zero-order chi connectivity index (χ0) is 24.1. The molecule has 0 bridgehead atoms. The lowest BCUT2D eigenvalue weighted by molar-refractivity contribution is -0.145.